The van der Waals surface area contributed by atoms with Crippen molar-refractivity contribution in [3.05, 3.63) is 0 Å². The number of rotatable bonds is 0. The van der Waals surface area contributed by atoms with Gasteiger partial charge < -0.3 is 46.1 Å². The number of hydrogen-bond acceptors (Lipinski definition) is 6. The van der Waals surface area contributed by atoms with Crippen molar-refractivity contribution in [1.82, 2.24) is 0 Å². The molecule has 0 saturated carbocycles. The molecule has 9 nitrogen and oxygen atoms in total. The zero-order chi connectivity index (χ0) is 10.7. The predicted octanol–water partition coefficient (Wildman–Crippen LogP) is -6.21. The molecule has 0 aliphatic rings. The molecular formula is C6H15O9Tm. The standard InChI is InChI=1S/3C2H4O2.3H2O.Tm/c3*1-2(3)4;;;;/h3*1H3,(H,3,4);3*1H2;/q;;;;;;+3/p-3. The molecule has 0 bridgehead atoms. The van der Waals surface area contributed by atoms with Gasteiger partial charge in [-0.15, -0.1) is 0 Å². The number of hydrogen-bond donors (Lipinski definition) is 0. The van der Waals surface area contributed by atoms with E-state index in [4.69, 9.17) is 29.7 Å². The molecule has 0 aromatic rings. The van der Waals surface area contributed by atoms with Gasteiger partial charge in [-0.3, -0.25) is 0 Å². The predicted molar refractivity (Wildman–Crippen MR) is 42.9 cm³/mol. The van der Waals surface area contributed by atoms with Crippen LogP contribution >= 0.6 is 0 Å². The van der Waals surface area contributed by atoms with Crippen LogP contribution in [0.2, 0.25) is 0 Å². The van der Waals surface area contributed by atoms with Crippen LogP contribution in [0.15, 0.2) is 0 Å². The van der Waals surface area contributed by atoms with Gasteiger partial charge in [0.2, 0.25) is 0 Å². The molecule has 106 valence electrons. The van der Waals surface area contributed by atoms with Gasteiger partial charge in [0.1, 0.15) is 0 Å². The average Bonchev–Trinajstić information content (AvgIpc) is 1.54. The summed E-state index contributed by atoms with van der Waals surface area (Å²) in [6, 6.07) is 0. The minimum atomic E-state index is -1.08. The Kier molecular flexibility index (Phi) is 103. The van der Waals surface area contributed by atoms with Crippen molar-refractivity contribution in [2.75, 3.05) is 0 Å². The molecule has 0 fully saturated rings. The van der Waals surface area contributed by atoms with Crippen LogP contribution in [0.25, 0.3) is 0 Å². The Labute approximate surface area is 121 Å². The molecule has 0 rings (SSSR count). The Balaban J connectivity index is -0.0000000135. The molecule has 6 N–H and O–H groups in total. The molecule has 0 unspecified atom stereocenters. The summed E-state index contributed by atoms with van der Waals surface area (Å²) in [5, 5.41) is 26.7. The van der Waals surface area contributed by atoms with E-state index in [1.54, 1.807) is 0 Å². The second-order valence-corrected chi connectivity index (χ2v) is 1.47. The fourth-order valence-electron chi connectivity index (χ4n) is 0. The van der Waals surface area contributed by atoms with Gasteiger partial charge in [0.05, 0.1) is 0 Å². The van der Waals surface area contributed by atoms with Gasteiger partial charge in [0.25, 0.3) is 0 Å². The largest absolute Gasteiger partial charge is 3.00 e. The summed E-state index contributed by atoms with van der Waals surface area (Å²) >= 11 is 0. The summed E-state index contributed by atoms with van der Waals surface area (Å²) in [5.74, 6) is -3.25. The molecule has 0 heterocycles. The summed E-state index contributed by atoms with van der Waals surface area (Å²) in [4.78, 5) is 26.7. The summed E-state index contributed by atoms with van der Waals surface area (Å²) in [6.45, 7) is 2.92. The van der Waals surface area contributed by atoms with Crippen LogP contribution in [-0.4, -0.2) is 34.3 Å². The Hall–Kier alpha value is -0.476. The van der Waals surface area contributed by atoms with E-state index in [1.165, 1.54) is 0 Å². The third-order valence-electron chi connectivity index (χ3n) is 0. The Bertz CT molecular complexity index is 118. The molecule has 10 heteroatoms. The molecule has 0 aliphatic carbocycles. The van der Waals surface area contributed by atoms with Gasteiger partial charge in [-0.1, -0.05) is 0 Å². The average molecular weight is 400 g/mol. The number of carbonyl (C=O) groups is 3. The second-order valence-electron chi connectivity index (χ2n) is 1.47. The Morgan fingerprint density at radius 3 is 0.625 bits per heavy atom. The van der Waals surface area contributed by atoms with Crippen molar-refractivity contribution < 1.29 is 83.0 Å². The molecule has 16 heavy (non-hydrogen) atoms. The van der Waals surface area contributed by atoms with Crippen molar-refractivity contribution in [2.24, 2.45) is 0 Å². The first-order valence-electron chi connectivity index (χ1n) is 2.72. The van der Waals surface area contributed by atoms with Crippen molar-refractivity contribution in [2.45, 2.75) is 20.8 Å². The van der Waals surface area contributed by atoms with Crippen molar-refractivity contribution in [3.63, 3.8) is 0 Å². The molecule has 0 radical (unpaired) electrons. The van der Waals surface area contributed by atoms with Gasteiger partial charge in [-0.05, 0) is 20.8 Å². The zero-order valence-corrected chi connectivity index (χ0v) is 10.5. The first kappa shape index (κ1) is 45.1. The number of carboxylic acid groups (broad SMARTS) is 3. The zero-order valence-electron chi connectivity index (χ0n) is 8.73. The molecule has 0 saturated heterocycles. The monoisotopic (exact) mass is 400 g/mol. The quantitative estimate of drug-likeness (QED) is 0.385. The van der Waals surface area contributed by atoms with E-state index in [1.807, 2.05) is 0 Å². The molecule has 0 aliphatic heterocycles. The smallest absolute Gasteiger partial charge is 0.550 e. The normalized spacial score (nSPS) is 4.69. The maximum atomic E-state index is 8.89. The van der Waals surface area contributed by atoms with E-state index in [0.29, 0.717) is 0 Å². The summed E-state index contributed by atoms with van der Waals surface area (Å²) in [7, 11) is 0. The third kappa shape index (κ3) is 9350. The van der Waals surface area contributed by atoms with E-state index >= 15 is 0 Å². The number of carboxylic acids is 3. The van der Waals surface area contributed by atoms with E-state index in [2.05, 4.69) is 0 Å². The van der Waals surface area contributed by atoms with Crippen LogP contribution < -0.4 is 15.3 Å². The van der Waals surface area contributed by atoms with Crippen LogP contribution in [0.3, 0.4) is 0 Å². The van der Waals surface area contributed by atoms with Crippen molar-refractivity contribution in [1.29, 1.82) is 0 Å². The summed E-state index contributed by atoms with van der Waals surface area (Å²) in [5.41, 5.74) is 0. The van der Waals surface area contributed by atoms with Gasteiger partial charge in [-0.25, -0.2) is 0 Å². The topological polar surface area (TPSA) is 215 Å². The van der Waals surface area contributed by atoms with Crippen LogP contribution in [-0.2, 0) is 14.4 Å². The molecule has 0 amide bonds. The summed E-state index contributed by atoms with van der Waals surface area (Å²) < 4.78 is 0. The molecule has 0 spiro atoms. The Morgan fingerprint density at radius 2 is 0.625 bits per heavy atom. The summed E-state index contributed by atoms with van der Waals surface area (Å²) in [6.07, 6.45) is 0. The SMILES string of the molecule is CC(=O)[O-].CC(=O)[O-].CC(=O)[O-].O.O.O.[Tm+3]. The van der Waals surface area contributed by atoms with E-state index in [0.717, 1.165) is 20.8 Å². The third-order valence-corrected chi connectivity index (χ3v) is 0. The number of aliphatic carboxylic acids is 3. The van der Waals surface area contributed by atoms with Crippen molar-refractivity contribution in [3.8, 4) is 0 Å². The van der Waals surface area contributed by atoms with E-state index in [9.17, 15) is 0 Å². The first-order chi connectivity index (χ1) is 5.20. The second kappa shape index (κ2) is 36.6. The van der Waals surface area contributed by atoms with E-state index < -0.39 is 17.9 Å². The minimum Gasteiger partial charge on any atom is -0.550 e. The van der Waals surface area contributed by atoms with Crippen LogP contribution in [0.1, 0.15) is 20.8 Å². The number of carbonyl (C=O) groups excluding carboxylic acids is 3. The first-order valence-corrected chi connectivity index (χ1v) is 2.72. The van der Waals surface area contributed by atoms with Gasteiger partial charge in [0.15, 0.2) is 0 Å². The van der Waals surface area contributed by atoms with Crippen LogP contribution in [0.4, 0.5) is 0 Å². The Morgan fingerprint density at radius 1 is 0.625 bits per heavy atom. The van der Waals surface area contributed by atoms with Gasteiger partial charge in [-0.2, -0.15) is 0 Å². The van der Waals surface area contributed by atoms with Gasteiger partial charge in [0, 0.05) is 17.9 Å². The van der Waals surface area contributed by atoms with Gasteiger partial charge >= 0.3 is 36.9 Å². The molecule has 0 aromatic carbocycles. The minimum absolute atomic E-state index is 0. The maximum absolute atomic E-state index is 8.89. The fourth-order valence-corrected chi connectivity index (χ4v) is 0. The van der Waals surface area contributed by atoms with Crippen LogP contribution in [0.5, 0.6) is 0 Å². The van der Waals surface area contributed by atoms with Crippen molar-refractivity contribution >= 4 is 17.9 Å². The maximum Gasteiger partial charge on any atom is 3.00 e. The van der Waals surface area contributed by atoms with E-state index in [-0.39, 0.29) is 53.3 Å². The molecule has 0 aromatic heterocycles. The molecule has 0 atom stereocenters. The fraction of sp³-hybridized carbons (Fsp3) is 0.500. The molecular weight excluding hydrogens is 385 g/mol. The van der Waals surface area contributed by atoms with Crippen LogP contribution in [0, 0.1) is 36.9 Å².